The fourth-order valence-electron chi connectivity index (χ4n) is 1.85. The zero-order valence-electron chi connectivity index (χ0n) is 9.98. The Morgan fingerprint density at radius 2 is 1.80 bits per heavy atom. The minimum atomic E-state index is -4.59. The molecule has 0 atom stereocenters. The van der Waals surface area contributed by atoms with E-state index in [-0.39, 0.29) is 11.5 Å². The molecule has 20 heavy (non-hydrogen) atoms. The maximum atomic E-state index is 12.7. The molecular formula is C13H8F3N3O. The average molecular weight is 279 g/mol. The highest BCUT2D eigenvalue weighted by molar-refractivity contribution is 5.82. The van der Waals surface area contributed by atoms with E-state index in [1.165, 1.54) is 0 Å². The number of aromatic nitrogens is 2. The summed E-state index contributed by atoms with van der Waals surface area (Å²) in [6.45, 7) is 0. The second kappa shape index (κ2) is 4.22. The highest BCUT2D eigenvalue weighted by Gasteiger charge is 2.33. The average Bonchev–Trinajstić information content (AvgIpc) is 2.80. The largest absolute Gasteiger partial charge is 0.454 e. The van der Waals surface area contributed by atoms with Gasteiger partial charge in [-0.15, -0.1) is 0 Å². The van der Waals surface area contributed by atoms with Gasteiger partial charge in [0, 0.05) is 5.39 Å². The lowest BCUT2D eigenvalue weighted by Gasteiger charge is -2.07. The molecule has 0 fully saturated rings. The van der Waals surface area contributed by atoms with E-state index in [4.69, 9.17) is 10.2 Å². The summed E-state index contributed by atoms with van der Waals surface area (Å²) in [6, 6.07) is 9.50. The van der Waals surface area contributed by atoms with Gasteiger partial charge in [-0.25, -0.2) is 9.97 Å². The summed E-state index contributed by atoms with van der Waals surface area (Å²) < 4.78 is 43.5. The van der Waals surface area contributed by atoms with Crippen LogP contribution in [0, 0.1) is 0 Å². The van der Waals surface area contributed by atoms with Crippen LogP contribution >= 0.6 is 0 Å². The van der Waals surface area contributed by atoms with Crippen molar-refractivity contribution in [1.82, 2.24) is 9.97 Å². The van der Waals surface area contributed by atoms with E-state index in [0.717, 1.165) is 11.5 Å². The number of alkyl halides is 3. The molecule has 0 saturated carbocycles. The molecule has 7 heteroatoms. The Bertz CT molecular complexity index is 747. The first kappa shape index (κ1) is 12.5. The van der Waals surface area contributed by atoms with Crippen LogP contribution in [0.2, 0.25) is 0 Å². The number of nitrogens with zero attached hydrogens (tertiary/aromatic N) is 2. The summed E-state index contributed by atoms with van der Waals surface area (Å²) >= 11 is 0. The van der Waals surface area contributed by atoms with Crippen molar-refractivity contribution < 1.29 is 17.6 Å². The minimum absolute atomic E-state index is 0.000949. The summed E-state index contributed by atoms with van der Waals surface area (Å²) in [5.41, 5.74) is 4.79. The fraction of sp³-hybridized carbons (Fsp3) is 0.0769. The van der Waals surface area contributed by atoms with Gasteiger partial charge in [-0.2, -0.15) is 13.2 Å². The number of nitrogen functional groups attached to an aromatic ring is 1. The van der Waals surface area contributed by atoms with Gasteiger partial charge in [-0.1, -0.05) is 18.2 Å². The van der Waals surface area contributed by atoms with Gasteiger partial charge in [-0.05, 0) is 18.2 Å². The van der Waals surface area contributed by atoms with Gasteiger partial charge in [0.15, 0.2) is 11.5 Å². The van der Waals surface area contributed by atoms with Crippen molar-refractivity contribution in [3.05, 3.63) is 42.1 Å². The number of furan rings is 1. The number of hydrogen-bond acceptors (Lipinski definition) is 4. The highest BCUT2D eigenvalue weighted by atomic mass is 19.4. The third kappa shape index (κ3) is 2.18. The summed E-state index contributed by atoms with van der Waals surface area (Å²) in [5, 5.41) is 0.772. The number of rotatable bonds is 1. The monoisotopic (exact) mass is 279 g/mol. The van der Waals surface area contributed by atoms with Crippen LogP contribution in [0.25, 0.3) is 22.4 Å². The molecule has 0 unspecified atom stereocenters. The normalized spacial score (nSPS) is 11.9. The van der Waals surface area contributed by atoms with Crippen LogP contribution in [0.15, 0.2) is 40.8 Å². The minimum Gasteiger partial charge on any atom is -0.454 e. The quantitative estimate of drug-likeness (QED) is 0.740. The van der Waals surface area contributed by atoms with Crippen molar-refractivity contribution in [2.75, 3.05) is 5.73 Å². The van der Waals surface area contributed by atoms with E-state index in [1.54, 1.807) is 30.3 Å². The van der Waals surface area contributed by atoms with Gasteiger partial charge < -0.3 is 10.2 Å². The number of halogens is 3. The lowest BCUT2D eigenvalue weighted by atomic mass is 10.2. The number of nitrogens with two attached hydrogens (primary N) is 1. The highest BCUT2D eigenvalue weighted by Crippen LogP contribution is 2.32. The van der Waals surface area contributed by atoms with Gasteiger partial charge in [-0.3, -0.25) is 0 Å². The Labute approximate surface area is 111 Å². The van der Waals surface area contributed by atoms with Gasteiger partial charge in [0.1, 0.15) is 11.3 Å². The molecule has 102 valence electrons. The van der Waals surface area contributed by atoms with Crippen LogP contribution in [0.1, 0.15) is 5.69 Å². The van der Waals surface area contributed by atoms with E-state index in [9.17, 15) is 13.2 Å². The second-order valence-corrected chi connectivity index (χ2v) is 4.14. The number of fused-ring (bicyclic) bond motifs is 1. The molecule has 2 N–H and O–H groups in total. The number of para-hydroxylation sites is 1. The lowest BCUT2D eigenvalue weighted by molar-refractivity contribution is -0.141. The van der Waals surface area contributed by atoms with Crippen LogP contribution in [0.5, 0.6) is 0 Å². The molecule has 0 aliphatic carbocycles. The molecule has 0 radical (unpaired) electrons. The number of hydrogen-bond donors (Lipinski definition) is 1. The number of benzene rings is 1. The SMILES string of the molecule is Nc1nc(-c2cc3ccccc3o2)cc(C(F)(F)F)n1. The Morgan fingerprint density at radius 1 is 1.05 bits per heavy atom. The van der Waals surface area contributed by atoms with E-state index in [1.807, 2.05) is 0 Å². The zero-order valence-corrected chi connectivity index (χ0v) is 9.98. The van der Waals surface area contributed by atoms with E-state index < -0.39 is 17.8 Å². The molecular weight excluding hydrogens is 271 g/mol. The molecule has 0 bridgehead atoms. The van der Waals surface area contributed by atoms with Crippen LogP contribution in [-0.2, 0) is 6.18 Å². The first-order chi connectivity index (χ1) is 9.43. The third-order valence-corrected chi connectivity index (χ3v) is 2.71. The van der Waals surface area contributed by atoms with Crippen molar-refractivity contribution in [2.24, 2.45) is 0 Å². The lowest BCUT2D eigenvalue weighted by Crippen LogP contribution is -2.11. The first-order valence-electron chi connectivity index (χ1n) is 5.64. The predicted octanol–water partition coefficient (Wildman–Crippen LogP) is 3.49. The standard InChI is InChI=1S/C13H8F3N3O/c14-13(15,16)11-6-8(18-12(17)19-11)10-5-7-3-1-2-4-9(7)20-10/h1-6H,(H2,17,18,19). The molecule has 0 amide bonds. The van der Waals surface area contributed by atoms with Crippen molar-refractivity contribution in [2.45, 2.75) is 6.18 Å². The van der Waals surface area contributed by atoms with Gasteiger partial charge in [0.25, 0.3) is 0 Å². The Hall–Kier alpha value is -2.57. The van der Waals surface area contributed by atoms with E-state index >= 15 is 0 Å². The molecule has 4 nitrogen and oxygen atoms in total. The summed E-state index contributed by atoms with van der Waals surface area (Å²) in [5.74, 6) is -0.235. The molecule has 0 saturated heterocycles. The first-order valence-corrected chi connectivity index (χ1v) is 5.64. The molecule has 1 aromatic carbocycles. The predicted molar refractivity (Wildman–Crippen MR) is 66.7 cm³/mol. The Kier molecular flexibility index (Phi) is 2.63. The maximum absolute atomic E-state index is 12.7. The summed E-state index contributed by atoms with van der Waals surface area (Å²) in [7, 11) is 0. The van der Waals surface area contributed by atoms with Crippen molar-refractivity contribution in [1.29, 1.82) is 0 Å². The fourth-order valence-corrected chi connectivity index (χ4v) is 1.85. The molecule has 3 aromatic rings. The molecule has 0 aliphatic heterocycles. The van der Waals surface area contributed by atoms with Crippen molar-refractivity contribution in [3.8, 4) is 11.5 Å². The van der Waals surface area contributed by atoms with Crippen LogP contribution in [0.3, 0.4) is 0 Å². The second-order valence-electron chi connectivity index (χ2n) is 4.14. The molecule has 2 aromatic heterocycles. The van der Waals surface area contributed by atoms with Crippen molar-refractivity contribution in [3.63, 3.8) is 0 Å². The van der Waals surface area contributed by atoms with Crippen LogP contribution in [0.4, 0.5) is 19.1 Å². The van der Waals surface area contributed by atoms with E-state index in [2.05, 4.69) is 9.97 Å². The summed E-state index contributed by atoms with van der Waals surface area (Å²) in [6.07, 6.45) is -4.59. The molecule has 0 spiro atoms. The number of anilines is 1. The smallest absolute Gasteiger partial charge is 0.433 e. The molecule has 2 heterocycles. The topological polar surface area (TPSA) is 64.9 Å². The van der Waals surface area contributed by atoms with Crippen LogP contribution in [-0.4, -0.2) is 9.97 Å². The third-order valence-electron chi connectivity index (χ3n) is 2.71. The van der Waals surface area contributed by atoms with Gasteiger partial charge in [0.05, 0.1) is 0 Å². The van der Waals surface area contributed by atoms with Crippen molar-refractivity contribution >= 4 is 16.9 Å². The molecule has 0 aliphatic rings. The Morgan fingerprint density at radius 3 is 2.50 bits per heavy atom. The van der Waals surface area contributed by atoms with Gasteiger partial charge in [0.2, 0.25) is 5.95 Å². The maximum Gasteiger partial charge on any atom is 0.433 e. The zero-order chi connectivity index (χ0) is 14.3. The van der Waals surface area contributed by atoms with Gasteiger partial charge >= 0.3 is 6.18 Å². The Balaban J connectivity index is 2.16. The summed E-state index contributed by atoms with van der Waals surface area (Å²) in [4.78, 5) is 6.97. The molecule has 3 rings (SSSR count). The van der Waals surface area contributed by atoms with E-state index in [0.29, 0.717) is 5.58 Å². The van der Waals surface area contributed by atoms with Crippen LogP contribution < -0.4 is 5.73 Å².